The number of carbonyl (C=O) groups is 1. The lowest BCUT2D eigenvalue weighted by Crippen LogP contribution is -2.34. The van der Waals surface area contributed by atoms with Crippen molar-refractivity contribution in [2.45, 2.75) is 63.9 Å². The molecule has 35 heavy (non-hydrogen) atoms. The quantitative estimate of drug-likeness (QED) is 0.269. The molecule has 1 N–H and O–H groups in total. The zero-order valence-electron chi connectivity index (χ0n) is 19.9. The van der Waals surface area contributed by atoms with Crippen molar-refractivity contribution >= 4 is 28.4 Å². The van der Waals surface area contributed by atoms with Gasteiger partial charge in [0.05, 0.1) is 12.3 Å². The van der Waals surface area contributed by atoms with Crippen LogP contribution in [-0.2, 0) is 25.0 Å². The Labute approximate surface area is 205 Å². The predicted octanol–water partition coefficient (Wildman–Crippen LogP) is 5.63. The van der Waals surface area contributed by atoms with Crippen LogP contribution in [0.15, 0.2) is 47.6 Å². The fourth-order valence-electron chi connectivity index (χ4n) is 4.37. The third kappa shape index (κ3) is 6.66. The fraction of sp³-hybridized carbons (Fsp3) is 0.440. The third-order valence-corrected chi connectivity index (χ3v) is 6.77. The zero-order valence-corrected chi connectivity index (χ0v) is 20.7. The van der Waals surface area contributed by atoms with E-state index in [0.29, 0.717) is 23.8 Å². The molecule has 4 rings (SSSR count). The van der Waals surface area contributed by atoms with Gasteiger partial charge in [0.15, 0.2) is 0 Å². The molecule has 9 nitrogen and oxygen atoms in total. The van der Waals surface area contributed by atoms with Crippen molar-refractivity contribution < 1.29 is 31.2 Å². The number of oxime groups is 1. The van der Waals surface area contributed by atoms with Crippen LogP contribution in [0.1, 0.15) is 69.4 Å². The molecule has 0 spiro atoms. The molecule has 188 valence electrons. The molecule has 0 atom stereocenters. The second-order valence-electron chi connectivity index (χ2n) is 9.13. The summed E-state index contributed by atoms with van der Waals surface area (Å²) < 4.78 is 44.6. The largest absolute Gasteiger partial charge is 0.521 e. The van der Waals surface area contributed by atoms with Crippen molar-refractivity contribution in [2.75, 3.05) is 11.9 Å². The van der Waals surface area contributed by atoms with E-state index in [4.69, 9.17) is 13.7 Å². The summed E-state index contributed by atoms with van der Waals surface area (Å²) >= 11 is 0. The highest BCUT2D eigenvalue weighted by Gasteiger charge is 2.33. The van der Waals surface area contributed by atoms with Crippen LogP contribution >= 0.6 is 0 Å². The molecule has 1 heterocycles. The molecular weight excluding hydrogens is 472 g/mol. The van der Waals surface area contributed by atoms with Gasteiger partial charge < -0.3 is 13.7 Å². The summed E-state index contributed by atoms with van der Waals surface area (Å²) in [6.45, 7) is 3.83. The van der Waals surface area contributed by atoms with Crippen molar-refractivity contribution in [2.24, 2.45) is 5.16 Å². The standard InChI is InChI=1S/C25H30N2O7S/c1-25(2)22-17-21(13-14-23(22)27-24(28)32-25)31-16-6-15-26-34-35(29,30)33-20-11-9-19(10-12-20)18-7-4-3-5-8-18/h9-15,17-18H,3-8,16H2,1-2H3,(H,27,28). The van der Waals surface area contributed by atoms with Gasteiger partial charge in [-0.2, -0.15) is 0 Å². The van der Waals surface area contributed by atoms with Crippen LogP contribution in [0.5, 0.6) is 11.5 Å². The first-order valence-corrected chi connectivity index (χ1v) is 13.1. The van der Waals surface area contributed by atoms with Crippen molar-refractivity contribution in [3.63, 3.8) is 0 Å². The van der Waals surface area contributed by atoms with E-state index in [1.807, 2.05) is 12.1 Å². The number of hydrogen-bond acceptors (Lipinski definition) is 8. The van der Waals surface area contributed by atoms with Gasteiger partial charge in [0, 0.05) is 18.2 Å². The number of rotatable bonds is 9. The molecule has 2 aromatic carbocycles. The Morgan fingerprint density at radius 2 is 1.80 bits per heavy atom. The topological polar surface area (TPSA) is 113 Å². The monoisotopic (exact) mass is 502 g/mol. The maximum Gasteiger partial charge on any atom is 0.521 e. The van der Waals surface area contributed by atoms with Crippen LogP contribution in [0, 0.1) is 0 Å². The number of carbonyl (C=O) groups excluding carboxylic acids is 1. The Morgan fingerprint density at radius 3 is 2.54 bits per heavy atom. The molecule has 0 aromatic heterocycles. The van der Waals surface area contributed by atoms with E-state index in [-0.39, 0.29) is 12.4 Å². The summed E-state index contributed by atoms with van der Waals surface area (Å²) in [6.07, 6.45) is 7.17. The normalized spacial score (nSPS) is 17.8. The van der Waals surface area contributed by atoms with E-state index in [1.165, 1.54) is 31.0 Å². The molecule has 2 aliphatic rings. The number of fused-ring (bicyclic) bond motifs is 1. The second-order valence-corrected chi connectivity index (χ2v) is 10.3. The Morgan fingerprint density at radius 1 is 1.09 bits per heavy atom. The molecule has 1 aliphatic heterocycles. The van der Waals surface area contributed by atoms with Crippen molar-refractivity contribution in [1.29, 1.82) is 0 Å². The van der Waals surface area contributed by atoms with E-state index >= 15 is 0 Å². The molecule has 10 heteroatoms. The molecule has 1 amide bonds. The molecule has 2 aromatic rings. The van der Waals surface area contributed by atoms with Gasteiger partial charge in [0.25, 0.3) is 0 Å². The molecule has 0 radical (unpaired) electrons. The smallest absolute Gasteiger partial charge is 0.493 e. The molecular formula is C25H30N2O7S. The highest BCUT2D eigenvalue weighted by Crippen LogP contribution is 2.37. The zero-order chi connectivity index (χ0) is 24.9. The molecule has 0 saturated heterocycles. The van der Waals surface area contributed by atoms with Crippen LogP contribution in [0.4, 0.5) is 10.5 Å². The lowest BCUT2D eigenvalue weighted by molar-refractivity contribution is 0.0418. The van der Waals surface area contributed by atoms with Crippen molar-refractivity contribution in [3.05, 3.63) is 53.6 Å². The van der Waals surface area contributed by atoms with Gasteiger partial charge in [-0.15, -0.1) is 8.42 Å². The first-order chi connectivity index (χ1) is 16.7. The molecule has 1 aliphatic carbocycles. The number of amides is 1. The minimum atomic E-state index is -4.33. The maximum absolute atomic E-state index is 12.0. The lowest BCUT2D eigenvalue weighted by Gasteiger charge is -2.32. The van der Waals surface area contributed by atoms with Crippen LogP contribution in [0.2, 0.25) is 0 Å². The van der Waals surface area contributed by atoms with E-state index < -0.39 is 22.1 Å². The number of ether oxygens (including phenoxy) is 2. The molecule has 0 unspecified atom stereocenters. The molecule has 1 saturated carbocycles. The number of hydrogen-bond donors (Lipinski definition) is 1. The average molecular weight is 503 g/mol. The first kappa shape index (κ1) is 24.8. The van der Waals surface area contributed by atoms with Crippen LogP contribution < -0.4 is 14.2 Å². The van der Waals surface area contributed by atoms with E-state index in [0.717, 1.165) is 18.4 Å². The number of cyclic esters (lactones) is 1. The summed E-state index contributed by atoms with van der Waals surface area (Å²) in [5, 5.41) is 6.13. The summed E-state index contributed by atoms with van der Waals surface area (Å²) in [6, 6.07) is 12.4. The summed E-state index contributed by atoms with van der Waals surface area (Å²) in [5.74, 6) is 1.29. The van der Waals surface area contributed by atoms with E-state index in [1.54, 1.807) is 44.2 Å². The predicted molar refractivity (Wildman–Crippen MR) is 131 cm³/mol. The van der Waals surface area contributed by atoms with Crippen LogP contribution in [0.3, 0.4) is 0 Å². The van der Waals surface area contributed by atoms with Gasteiger partial charge >= 0.3 is 16.5 Å². The van der Waals surface area contributed by atoms with Crippen molar-refractivity contribution in [1.82, 2.24) is 0 Å². The SMILES string of the molecule is CC1(C)OC(=O)Nc2ccc(OCCC=NOS(=O)(=O)Oc3ccc(C4CCCCC4)cc3)cc21. The van der Waals surface area contributed by atoms with Gasteiger partial charge in [0.2, 0.25) is 0 Å². The van der Waals surface area contributed by atoms with Crippen LogP contribution in [-0.4, -0.2) is 27.3 Å². The Hall–Kier alpha value is -3.27. The van der Waals surface area contributed by atoms with E-state index in [2.05, 4.69) is 14.8 Å². The third-order valence-electron chi connectivity index (χ3n) is 6.10. The summed E-state index contributed by atoms with van der Waals surface area (Å²) in [5.41, 5.74) is 1.88. The van der Waals surface area contributed by atoms with Crippen molar-refractivity contribution in [3.8, 4) is 11.5 Å². The average Bonchev–Trinajstić information content (AvgIpc) is 2.82. The number of anilines is 1. The number of nitrogens with zero attached hydrogens (tertiary/aromatic N) is 1. The number of nitrogens with one attached hydrogen (secondary N) is 1. The fourth-order valence-corrected chi connectivity index (χ4v) is 4.92. The van der Waals surface area contributed by atoms with Gasteiger partial charge in [-0.1, -0.05) is 36.6 Å². The molecule has 1 fully saturated rings. The maximum atomic E-state index is 12.0. The second kappa shape index (κ2) is 10.6. The van der Waals surface area contributed by atoms with Gasteiger partial charge in [-0.05, 0) is 68.5 Å². The highest BCUT2D eigenvalue weighted by molar-refractivity contribution is 7.82. The summed E-state index contributed by atoms with van der Waals surface area (Å²) in [7, 11) is -4.33. The Bertz CT molecular complexity index is 1170. The number of benzene rings is 2. The summed E-state index contributed by atoms with van der Waals surface area (Å²) in [4.78, 5) is 11.6. The van der Waals surface area contributed by atoms with E-state index in [9.17, 15) is 13.2 Å². The van der Waals surface area contributed by atoms with Gasteiger partial charge in [-0.3, -0.25) is 5.32 Å². The highest BCUT2D eigenvalue weighted by atomic mass is 32.3. The minimum absolute atomic E-state index is 0.179. The first-order valence-electron chi connectivity index (χ1n) is 11.7. The van der Waals surface area contributed by atoms with Crippen LogP contribution in [0.25, 0.3) is 0 Å². The van der Waals surface area contributed by atoms with Gasteiger partial charge in [0.1, 0.15) is 17.1 Å². The molecule has 0 bridgehead atoms. The lowest BCUT2D eigenvalue weighted by atomic mass is 9.84. The minimum Gasteiger partial charge on any atom is -0.493 e. The van der Waals surface area contributed by atoms with Gasteiger partial charge in [-0.25, -0.2) is 9.08 Å². The Balaban J connectivity index is 1.22. The Kier molecular flexibility index (Phi) is 7.49.